The van der Waals surface area contributed by atoms with E-state index in [0.717, 1.165) is 28.5 Å². The molecular formula is C29H39FN6O4. The smallest absolute Gasteiger partial charge is 0.407 e. The standard InChI is InChI=1S/C29H39FN6O4/c1-19(2)12-15-35-23-24(32-26(35)34-14-8-11-22(18-34)31-27(38)40-29(3,4)5)36(28(39)33(6)25(23)37)16-13-20-9-7-10-21(30)17-20/h7,9-10,12,17,22H,8,11,13-16,18H2,1-6H3,(H,31,38). The number of hydrogen-bond acceptors (Lipinski definition) is 6. The summed E-state index contributed by atoms with van der Waals surface area (Å²) >= 11 is 0. The fourth-order valence-corrected chi connectivity index (χ4v) is 4.92. The molecule has 3 heterocycles. The van der Waals surface area contributed by atoms with Crippen LogP contribution >= 0.6 is 0 Å². The molecule has 1 aromatic carbocycles. The van der Waals surface area contributed by atoms with Crippen molar-refractivity contribution < 1.29 is 13.9 Å². The SMILES string of the molecule is CC(C)=CCn1c(N2CCCC(NC(=O)OC(C)(C)C)C2)nc2c1c(=O)n(C)c(=O)n2CCc1cccc(F)c1. The topological polar surface area (TPSA) is 103 Å². The summed E-state index contributed by atoms with van der Waals surface area (Å²) < 4.78 is 23.7. The van der Waals surface area contributed by atoms with E-state index in [1.54, 1.807) is 12.1 Å². The summed E-state index contributed by atoms with van der Waals surface area (Å²) in [5.74, 6) is 0.216. The third-order valence-corrected chi connectivity index (χ3v) is 6.83. The first-order valence-corrected chi connectivity index (χ1v) is 13.7. The third kappa shape index (κ3) is 6.63. The number of halogens is 1. The molecule has 1 unspecified atom stereocenters. The van der Waals surface area contributed by atoms with Gasteiger partial charge in [0, 0.05) is 39.3 Å². The number of piperidine rings is 1. The maximum absolute atomic E-state index is 13.8. The average molecular weight is 555 g/mol. The van der Waals surface area contributed by atoms with Crippen molar-refractivity contribution in [2.45, 2.75) is 78.6 Å². The number of carbonyl (C=O) groups excluding carboxylic acids is 1. The molecule has 11 heteroatoms. The lowest BCUT2D eigenvalue weighted by molar-refractivity contribution is 0.0499. The molecule has 0 spiro atoms. The van der Waals surface area contributed by atoms with Crippen LogP contribution in [0, 0.1) is 5.82 Å². The quantitative estimate of drug-likeness (QED) is 0.447. The Bertz CT molecular complexity index is 1540. The van der Waals surface area contributed by atoms with Gasteiger partial charge >= 0.3 is 11.8 Å². The molecule has 1 fully saturated rings. The zero-order chi connectivity index (χ0) is 29.2. The van der Waals surface area contributed by atoms with Crippen LogP contribution in [0.4, 0.5) is 15.1 Å². The Morgan fingerprint density at radius 1 is 1.23 bits per heavy atom. The Morgan fingerprint density at radius 3 is 2.65 bits per heavy atom. The number of imidazole rings is 1. The molecule has 40 heavy (non-hydrogen) atoms. The molecule has 0 radical (unpaired) electrons. The second-order valence-corrected chi connectivity index (χ2v) is 11.6. The predicted molar refractivity (Wildman–Crippen MR) is 153 cm³/mol. The van der Waals surface area contributed by atoms with Crippen molar-refractivity contribution in [2.75, 3.05) is 18.0 Å². The maximum Gasteiger partial charge on any atom is 0.407 e. The Kier molecular flexibility index (Phi) is 8.51. The van der Waals surface area contributed by atoms with Crippen LogP contribution in [0.1, 0.15) is 53.0 Å². The van der Waals surface area contributed by atoms with Crippen LogP contribution in [-0.4, -0.2) is 49.5 Å². The number of carbonyl (C=O) groups is 1. The highest BCUT2D eigenvalue weighted by atomic mass is 19.1. The van der Waals surface area contributed by atoms with Crippen LogP contribution in [0.15, 0.2) is 45.5 Å². The van der Waals surface area contributed by atoms with E-state index in [2.05, 4.69) is 5.32 Å². The van der Waals surface area contributed by atoms with Crippen molar-refractivity contribution in [3.05, 3.63) is 68.1 Å². The van der Waals surface area contributed by atoms with E-state index >= 15 is 0 Å². The monoisotopic (exact) mass is 554 g/mol. The lowest BCUT2D eigenvalue weighted by Gasteiger charge is -2.34. The number of hydrogen-bond donors (Lipinski definition) is 1. The number of amides is 1. The zero-order valence-electron chi connectivity index (χ0n) is 24.2. The van der Waals surface area contributed by atoms with E-state index in [1.807, 2.05) is 50.2 Å². The van der Waals surface area contributed by atoms with Crippen molar-refractivity contribution >= 4 is 23.2 Å². The van der Waals surface area contributed by atoms with Gasteiger partial charge in [-0.1, -0.05) is 23.8 Å². The minimum absolute atomic E-state index is 0.168. The first-order chi connectivity index (χ1) is 18.8. The first kappa shape index (κ1) is 29.1. The Hall–Kier alpha value is -3.89. The van der Waals surface area contributed by atoms with Gasteiger partial charge < -0.3 is 19.5 Å². The normalized spacial score (nSPS) is 15.8. The molecular weight excluding hydrogens is 515 g/mol. The van der Waals surface area contributed by atoms with Gasteiger partial charge in [0.2, 0.25) is 5.95 Å². The molecule has 1 aliphatic heterocycles. The van der Waals surface area contributed by atoms with Gasteiger partial charge in [0.1, 0.15) is 11.4 Å². The van der Waals surface area contributed by atoms with Gasteiger partial charge in [-0.25, -0.2) is 14.0 Å². The van der Waals surface area contributed by atoms with E-state index in [1.165, 1.54) is 23.7 Å². The van der Waals surface area contributed by atoms with Gasteiger partial charge in [-0.2, -0.15) is 4.98 Å². The van der Waals surface area contributed by atoms with Crippen molar-refractivity contribution in [1.29, 1.82) is 0 Å². The molecule has 1 atom stereocenters. The number of rotatable bonds is 7. The number of benzene rings is 1. The molecule has 0 saturated carbocycles. The highest BCUT2D eigenvalue weighted by Crippen LogP contribution is 2.24. The summed E-state index contributed by atoms with van der Waals surface area (Å²) in [5, 5.41) is 2.96. The Balaban J connectivity index is 1.75. The van der Waals surface area contributed by atoms with E-state index in [9.17, 15) is 18.8 Å². The number of allylic oxidation sites excluding steroid dienone is 2. The summed E-state index contributed by atoms with van der Waals surface area (Å²) in [6.45, 7) is 11.2. The Morgan fingerprint density at radius 2 is 1.98 bits per heavy atom. The molecule has 2 aromatic heterocycles. The molecule has 0 aliphatic carbocycles. The van der Waals surface area contributed by atoms with Gasteiger partial charge in [-0.05, 0) is 71.6 Å². The van der Waals surface area contributed by atoms with Gasteiger partial charge in [0.15, 0.2) is 11.2 Å². The summed E-state index contributed by atoms with van der Waals surface area (Å²) in [4.78, 5) is 46.1. The molecule has 4 rings (SSSR count). The van der Waals surface area contributed by atoms with Crippen molar-refractivity contribution in [3.63, 3.8) is 0 Å². The van der Waals surface area contributed by atoms with Crippen LogP contribution in [0.25, 0.3) is 11.2 Å². The zero-order valence-corrected chi connectivity index (χ0v) is 24.2. The number of nitrogens with zero attached hydrogens (tertiary/aromatic N) is 5. The van der Waals surface area contributed by atoms with E-state index in [0.29, 0.717) is 43.2 Å². The number of ether oxygens (including phenoxy) is 1. The molecule has 1 saturated heterocycles. The number of alkyl carbamates (subject to hydrolysis) is 1. The van der Waals surface area contributed by atoms with Crippen molar-refractivity contribution in [1.82, 2.24) is 24.0 Å². The van der Waals surface area contributed by atoms with E-state index in [4.69, 9.17) is 9.72 Å². The minimum atomic E-state index is -0.605. The molecule has 3 aromatic rings. The summed E-state index contributed by atoms with van der Waals surface area (Å²) in [5.41, 5.74) is 0.933. The lowest BCUT2D eigenvalue weighted by Crippen LogP contribution is -2.49. The number of aromatic nitrogens is 4. The number of anilines is 1. The van der Waals surface area contributed by atoms with Crippen LogP contribution in [-0.2, 0) is 31.3 Å². The number of aryl methyl sites for hydroxylation is 2. The average Bonchev–Trinajstić information content (AvgIpc) is 3.24. The molecule has 1 amide bonds. The first-order valence-electron chi connectivity index (χ1n) is 13.7. The fraction of sp³-hybridized carbons (Fsp3) is 0.517. The number of nitrogens with one attached hydrogen (secondary N) is 1. The maximum atomic E-state index is 13.8. The second kappa shape index (κ2) is 11.7. The molecule has 1 aliphatic rings. The van der Waals surface area contributed by atoms with Crippen LogP contribution in [0.5, 0.6) is 0 Å². The van der Waals surface area contributed by atoms with Crippen LogP contribution in [0.2, 0.25) is 0 Å². The van der Waals surface area contributed by atoms with Crippen LogP contribution in [0.3, 0.4) is 0 Å². The van der Waals surface area contributed by atoms with Gasteiger partial charge in [0.25, 0.3) is 5.56 Å². The predicted octanol–water partition coefficient (Wildman–Crippen LogP) is 3.74. The molecule has 0 bridgehead atoms. The summed E-state index contributed by atoms with van der Waals surface area (Å²) in [6.07, 6.45) is 3.51. The largest absolute Gasteiger partial charge is 0.444 e. The molecule has 10 nitrogen and oxygen atoms in total. The molecule has 1 N–H and O–H groups in total. The van der Waals surface area contributed by atoms with Crippen LogP contribution < -0.4 is 21.5 Å². The fourth-order valence-electron chi connectivity index (χ4n) is 4.92. The van der Waals surface area contributed by atoms with Crippen molar-refractivity contribution in [2.24, 2.45) is 7.05 Å². The minimum Gasteiger partial charge on any atom is -0.444 e. The van der Waals surface area contributed by atoms with Crippen molar-refractivity contribution in [3.8, 4) is 0 Å². The van der Waals surface area contributed by atoms with E-state index < -0.39 is 22.9 Å². The van der Waals surface area contributed by atoms with Gasteiger partial charge in [-0.3, -0.25) is 13.9 Å². The Labute approximate surface area is 233 Å². The third-order valence-electron chi connectivity index (χ3n) is 6.83. The van der Waals surface area contributed by atoms with Gasteiger partial charge in [0.05, 0.1) is 0 Å². The highest BCUT2D eigenvalue weighted by Gasteiger charge is 2.29. The highest BCUT2D eigenvalue weighted by molar-refractivity contribution is 5.75. The van der Waals surface area contributed by atoms with E-state index in [-0.39, 0.29) is 18.4 Å². The summed E-state index contributed by atoms with van der Waals surface area (Å²) in [7, 11) is 1.46. The lowest BCUT2D eigenvalue weighted by atomic mass is 10.1. The summed E-state index contributed by atoms with van der Waals surface area (Å²) in [6, 6.07) is 6.08. The van der Waals surface area contributed by atoms with Gasteiger partial charge in [-0.15, -0.1) is 0 Å². The molecule has 216 valence electrons. The number of fused-ring (bicyclic) bond motifs is 1. The second-order valence-electron chi connectivity index (χ2n) is 11.6.